The number of primary amides is 1. The largest absolute Gasteiger partial charge is 0.467 e. The summed E-state index contributed by atoms with van der Waals surface area (Å²) in [6.45, 7) is 0. The summed E-state index contributed by atoms with van der Waals surface area (Å²) in [6, 6.07) is -1.94. The van der Waals surface area contributed by atoms with Gasteiger partial charge in [-0.1, -0.05) is 0 Å². The number of ether oxygens (including phenoxy) is 2. The monoisotopic (exact) mass is 297 g/mol. The van der Waals surface area contributed by atoms with Gasteiger partial charge in [-0.2, -0.15) is 18.4 Å². The van der Waals surface area contributed by atoms with Gasteiger partial charge in [-0.25, -0.2) is 4.79 Å². The van der Waals surface area contributed by atoms with Crippen molar-refractivity contribution in [1.29, 1.82) is 0 Å². The van der Waals surface area contributed by atoms with Crippen molar-refractivity contribution in [2.75, 3.05) is 18.5 Å². The molecule has 10 nitrogen and oxygen atoms in total. The second-order valence-electron chi connectivity index (χ2n) is 2.65. The number of urea groups is 1. The maximum absolute atomic E-state index is 11.2. The van der Waals surface area contributed by atoms with E-state index in [9.17, 15) is 13.2 Å². The molecule has 1 rings (SSSR count). The highest BCUT2D eigenvalue weighted by molar-refractivity contribution is 8.15. The average Bonchev–Trinajstić information content (AvgIpc) is 2.26. The second kappa shape index (κ2) is 5.18. The number of anilines is 1. The van der Waals surface area contributed by atoms with Gasteiger partial charge in [-0.3, -0.25) is 0 Å². The number of carbonyl (C=O) groups excluding carboxylic acids is 1. The summed E-state index contributed by atoms with van der Waals surface area (Å²) >= 11 is 0. The van der Waals surface area contributed by atoms with Gasteiger partial charge in [0.05, 0.1) is 14.2 Å². The van der Waals surface area contributed by atoms with Crippen molar-refractivity contribution < 1.29 is 22.7 Å². The first-order valence-corrected chi connectivity index (χ1v) is 6.44. The van der Waals surface area contributed by atoms with Crippen LogP contribution in [0.15, 0.2) is 0 Å². The minimum Gasteiger partial charge on any atom is -0.467 e. The molecule has 0 radical (unpaired) electrons. The fraction of sp³-hybridized carbons (Fsp3) is 0.333. The van der Waals surface area contributed by atoms with E-state index in [0.29, 0.717) is 0 Å². The zero-order valence-corrected chi connectivity index (χ0v) is 10.8. The van der Waals surface area contributed by atoms with Gasteiger partial charge in [-0.05, 0) is 0 Å². The molecule has 1 aromatic heterocycles. The van der Waals surface area contributed by atoms with Gasteiger partial charge < -0.3 is 15.2 Å². The number of hydrogen-bond acceptors (Lipinski definition) is 8. The van der Waals surface area contributed by atoms with Crippen LogP contribution in [0.4, 0.5) is 10.7 Å². The normalized spacial score (nSPS) is 10.8. The Morgan fingerprint density at radius 3 is 1.94 bits per heavy atom. The summed E-state index contributed by atoms with van der Waals surface area (Å²) in [6.07, 6.45) is 0. The predicted octanol–water partition coefficient (Wildman–Crippen LogP) is -0.742. The highest BCUT2D eigenvalue weighted by atomic mass is 35.7. The zero-order valence-electron chi connectivity index (χ0n) is 9.19. The molecule has 0 unspecified atom stereocenters. The maximum Gasteiger partial charge on any atom is 0.336 e. The first-order chi connectivity index (χ1) is 8.29. The third-order valence-electron chi connectivity index (χ3n) is 1.55. The van der Waals surface area contributed by atoms with Crippen molar-refractivity contribution >= 4 is 31.9 Å². The topological polar surface area (TPSA) is 138 Å². The molecule has 0 spiro atoms. The van der Waals surface area contributed by atoms with Crippen molar-refractivity contribution in [3.05, 3.63) is 0 Å². The standard InChI is InChI=1S/C6H8ClN5O5S/c1-16-5-9-4(10-6(11-5)17-2)12(3(8)13)18(7,14)15/h1-2H3,(H2,8,13). The van der Waals surface area contributed by atoms with Gasteiger partial charge in [0.15, 0.2) is 0 Å². The first kappa shape index (κ1) is 14.2. The summed E-state index contributed by atoms with van der Waals surface area (Å²) in [4.78, 5) is 21.7. The molecule has 18 heavy (non-hydrogen) atoms. The fourth-order valence-electron chi connectivity index (χ4n) is 0.905. The van der Waals surface area contributed by atoms with E-state index < -0.39 is 21.2 Å². The lowest BCUT2D eigenvalue weighted by Crippen LogP contribution is -2.39. The van der Waals surface area contributed by atoms with Crippen LogP contribution in [-0.2, 0) is 9.24 Å². The average molecular weight is 298 g/mol. The van der Waals surface area contributed by atoms with E-state index in [1.165, 1.54) is 14.2 Å². The Morgan fingerprint density at radius 1 is 1.22 bits per heavy atom. The second-order valence-corrected chi connectivity index (χ2v) is 5.01. The van der Waals surface area contributed by atoms with Crippen molar-refractivity contribution in [3.8, 4) is 12.0 Å². The van der Waals surface area contributed by atoms with Crippen molar-refractivity contribution in [1.82, 2.24) is 15.0 Å². The molecule has 1 heterocycles. The Hall–Kier alpha value is -1.88. The Bertz CT molecular complexity index is 541. The number of rotatable bonds is 4. The van der Waals surface area contributed by atoms with E-state index in [2.05, 4.69) is 24.4 Å². The Kier molecular flexibility index (Phi) is 4.08. The van der Waals surface area contributed by atoms with Crippen LogP contribution in [0.3, 0.4) is 0 Å². The molecule has 0 aliphatic heterocycles. The SMILES string of the molecule is COc1nc(OC)nc(N(C(N)=O)S(=O)(=O)Cl)n1. The highest BCUT2D eigenvalue weighted by Crippen LogP contribution is 2.20. The van der Waals surface area contributed by atoms with Crippen LogP contribution in [0.25, 0.3) is 0 Å². The minimum atomic E-state index is -4.50. The quantitative estimate of drug-likeness (QED) is 0.717. The van der Waals surface area contributed by atoms with E-state index in [-0.39, 0.29) is 16.3 Å². The lowest BCUT2D eigenvalue weighted by atomic mass is 10.8. The van der Waals surface area contributed by atoms with Crippen molar-refractivity contribution in [2.24, 2.45) is 5.73 Å². The summed E-state index contributed by atoms with van der Waals surface area (Å²) in [7, 11) is 2.98. The van der Waals surface area contributed by atoms with Crippen LogP contribution in [0.2, 0.25) is 0 Å². The third kappa shape index (κ3) is 3.07. The summed E-state index contributed by atoms with van der Waals surface area (Å²) in [5, 5.41) is 0. The summed E-state index contributed by atoms with van der Waals surface area (Å²) in [5.74, 6) is -0.638. The summed E-state index contributed by atoms with van der Waals surface area (Å²) < 4.78 is 31.7. The lowest BCUT2D eigenvalue weighted by Gasteiger charge is -2.14. The Labute approximate surface area is 106 Å². The first-order valence-electron chi connectivity index (χ1n) is 4.18. The third-order valence-corrected chi connectivity index (χ3v) is 2.74. The van der Waals surface area contributed by atoms with Gasteiger partial charge in [0.25, 0.3) is 5.95 Å². The number of carbonyl (C=O) groups is 1. The molecule has 2 amide bonds. The molecular weight excluding hydrogens is 290 g/mol. The number of methoxy groups -OCH3 is 2. The molecule has 0 aliphatic rings. The number of amides is 2. The summed E-state index contributed by atoms with van der Waals surface area (Å²) in [5.41, 5.74) is 4.88. The van der Waals surface area contributed by atoms with Gasteiger partial charge in [0.1, 0.15) is 0 Å². The molecule has 2 N–H and O–H groups in total. The molecule has 1 aromatic rings. The lowest BCUT2D eigenvalue weighted by molar-refractivity contribution is 0.256. The highest BCUT2D eigenvalue weighted by Gasteiger charge is 2.29. The van der Waals surface area contributed by atoms with Crippen LogP contribution in [0.1, 0.15) is 0 Å². The molecule has 0 bridgehead atoms. The van der Waals surface area contributed by atoms with Gasteiger partial charge in [0, 0.05) is 10.7 Å². The van der Waals surface area contributed by atoms with Crippen LogP contribution >= 0.6 is 10.7 Å². The van der Waals surface area contributed by atoms with Gasteiger partial charge >= 0.3 is 27.3 Å². The number of nitrogens with two attached hydrogens (primary N) is 1. The molecule has 12 heteroatoms. The number of hydrogen-bond donors (Lipinski definition) is 1. The number of nitrogens with zero attached hydrogens (tertiary/aromatic N) is 4. The van der Waals surface area contributed by atoms with E-state index in [4.69, 9.17) is 16.4 Å². The van der Waals surface area contributed by atoms with Gasteiger partial charge in [-0.15, -0.1) is 9.29 Å². The number of halogens is 1. The van der Waals surface area contributed by atoms with E-state index in [1.54, 1.807) is 0 Å². The molecule has 0 aromatic carbocycles. The van der Waals surface area contributed by atoms with Crippen LogP contribution in [-0.4, -0.2) is 43.6 Å². The minimum absolute atomic E-state index is 0.0265. The van der Waals surface area contributed by atoms with Crippen LogP contribution in [0.5, 0.6) is 12.0 Å². The van der Waals surface area contributed by atoms with Crippen LogP contribution in [0, 0.1) is 0 Å². The molecule has 0 fully saturated rings. The Morgan fingerprint density at radius 2 is 1.67 bits per heavy atom. The Balaban J connectivity index is 3.41. The van der Waals surface area contributed by atoms with Crippen molar-refractivity contribution in [2.45, 2.75) is 0 Å². The van der Waals surface area contributed by atoms with Crippen molar-refractivity contribution in [3.63, 3.8) is 0 Å². The zero-order chi connectivity index (χ0) is 13.9. The molecule has 100 valence electrons. The molecule has 0 saturated heterocycles. The predicted molar refractivity (Wildman–Crippen MR) is 59.8 cm³/mol. The molecule has 0 atom stereocenters. The van der Waals surface area contributed by atoms with Gasteiger partial charge in [0.2, 0.25) is 0 Å². The molecular formula is C6H8ClN5O5S. The van der Waals surface area contributed by atoms with E-state index in [1.807, 2.05) is 0 Å². The van der Waals surface area contributed by atoms with Crippen LogP contribution < -0.4 is 19.5 Å². The smallest absolute Gasteiger partial charge is 0.336 e. The fourth-order valence-corrected chi connectivity index (χ4v) is 1.79. The molecule has 0 aliphatic carbocycles. The maximum atomic E-state index is 11.2. The van der Waals surface area contributed by atoms with E-state index in [0.717, 1.165) is 0 Å². The van der Waals surface area contributed by atoms with E-state index >= 15 is 0 Å². The number of aromatic nitrogens is 3. The molecule has 0 saturated carbocycles.